The van der Waals surface area contributed by atoms with Crippen LogP contribution in [0.1, 0.15) is 5.56 Å². The summed E-state index contributed by atoms with van der Waals surface area (Å²) in [5.41, 5.74) is 1.24. The van der Waals surface area contributed by atoms with Crippen LogP contribution in [0.5, 0.6) is 0 Å². The van der Waals surface area contributed by atoms with Gasteiger partial charge < -0.3 is 4.90 Å². The lowest BCUT2D eigenvalue weighted by atomic mass is 10.0. The molecule has 0 radical (unpaired) electrons. The summed E-state index contributed by atoms with van der Waals surface area (Å²) < 4.78 is 28.1. The van der Waals surface area contributed by atoms with E-state index in [1.807, 2.05) is 18.2 Å². The average molecular weight is 380 g/mol. The second-order valence-electron chi connectivity index (χ2n) is 6.47. The fourth-order valence-electron chi connectivity index (χ4n) is 3.10. The third-order valence-corrected chi connectivity index (χ3v) is 7.46. The Morgan fingerprint density at radius 2 is 1.80 bits per heavy atom. The molecule has 1 aromatic heterocycles. The molecule has 2 aromatic rings. The average Bonchev–Trinajstić information content (AvgIpc) is 3.16. The van der Waals surface area contributed by atoms with Crippen molar-refractivity contribution in [3.8, 4) is 0 Å². The largest absolute Gasteiger partial charge is 0.304 e. The van der Waals surface area contributed by atoms with E-state index in [0.29, 0.717) is 10.8 Å². The molecule has 0 aliphatic carbocycles. The van der Waals surface area contributed by atoms with Gasteiger partial charge in [-0.25, -0.2) is 13.1 Å². The lowest BCUT2D eigenvalue weighted by Crippen LogP contribution is -2.53. The van der Waals surface area contributed by atoms with Crippen LogP contribution in [0.3, 0.4) is 0 Å². The van der Waals surface area contributed by atoms with Crippen LogP contribution in [0.2, 0.25) is 0 Å². The van der Waals surface area contributed by atoms with E-state index in [4.69, 9.17) is 0 Å². The van der Waals surface area contributed by atoms with Crippen LogP contribution in [0.15, 0.2) is 52.1 Å². The van der Waals surface area contributed by atoms with E-state index in [2.05, 4.69) is 33.7 Å². The number of rotatable bonds is 7. The number of hydrogen-bond acceptors (Lipinski definition) is 5. The highest BCUT2D eigenvalue weighted by Gasteiger charge is 2.25. The second-order valence-corrected chi connectivity index (χ2v) is 9.41. The zero-order chi connectivity index (χ0) is 17.7. The highest BCUT2D eigenvalue weighted by molar-refractivity contribution is 7.91. The van der Waals surface area contributed by atoms with Crippen LogP contribution < -0.4 is 4.72 Å². The van der Waals surface area contributed by atoms with Crippen LogP contribution in [0.25, 0.3) is 0 Å². The Hall–Kier alpha value is -1.25. The molecule has 1 N–H and O–H groups in total. The Bertz CT molecular complexity index is 740. The molecule has 1 atom stereocenters. The highest BCUT2D eigenvalue weighted by atomic mass is 32.2. The van der Waals surface area contributed by atoms with Crippen LogP contribution in [-0.2, 0) is 16.4 Å². The minimum Gasteiger partial charge on any atom is -0.304 e. The maximum Gasteiger partial charge on any atom is 0.250 e. The second kappa shape index (κ2) is 8.42. The molecule has 1 saturated heterocycles. The number of hydrogen-bond donors (Lipinski definition) is 1. The van der Waals surface area contributed by atoms with Gasteiger partial charge in [-0.3, -0.25) is 4.90 Å². The SMILES string of the molecule is CN1CCN(C(CNS(=O)(=O)c2cccs2)Cc2ccccc2)CC1. The van der Waals surface area contributed by atoms with E-state index < -0.39 is 10.0 Å². The molecule has 7 heteroatoms. The first kappa shape index (κ1) is 18.5. The van der Waals surface area contributed by atoms with Crippen molar-refractivity contribution in [1.29, 1.82) is 0 Å². The minimum absolute atomic E-state index is 0.158. The van der Waals surface area contributed by atoms with Gasteiger partial charge in [-0.05, 0) is 30.5 Å². The Morgan fingerprint density at radius 3 is 2.44 bits per heavy atom. The van der Waals surface area contributed by atoms with Gasteiger partial charge in [-0.15, -0.1) is 11.3 Å². The molecule has 0 saturated carbocycles. The third-order valence-electron chi connectivity index (χ3n) is 4.64. The molecule has 0 bridgehead atoms. The zero-order valence-corrected chi connectivity index (χ0v) is 16.1. The molecule has 2 heterocycles. The van der Waals surface area contributed by atoms with Crippen molar-refractivity contribution in [3.63, 3.8) is 0 Å². The predicted molar refractivity (Wildman–Crippen MR) is 103 cm³/mol. The quantitative estimate of drug-likeness (QED) is 0.798. The van der Waals surface area contributed by atoms with Crippen LogP contribution in [0.4, 0.5) is 0 Å². The van der Waals surface area contributed by atoms with E-state index in [9.17, 15) is 8.42 Å². The Kier molecular flexibility index (Phi) is 6.24. The first-order valence-electron chi connectivity index (χ1n) is 8.54. The van der Waals surface area contributed by atoms with Crippen molar-refractivity contribution in [2.45, 2.75) is 16.7 Å². The molecule has 1 fully saturated rings. The van der Waals surface area contributed by atoms with Crippen molar-refractivity contribution in [3.05, 3.63) is 53.4 Å². The monoisotopic (exact) mass is 379 g/mol. The van der Waals surface area contributed by atoms with Crippen LogP contribution in [0, 0.1) is 0 Å². The Balaban J connectivity index is 1.69. The molecule has 5 nitrogen and oxygen atoms in total. The third kappa shape index (κ3) is 5.12. The number of likely N-dealkylation sites (N-methyl/N-ethyl adjacent to an activating group) is 1. The van der Waals surface area contributed by atoms with Crippen molar-refractivity contribution >= 4 is 21.4 Å². The van der Waals surface area contributed by atoms with Gasteiger partial charge in [0.15, 0.2) is 0 Å². The molecule has 25 heavy (non-hydrogen) atoms. The Morgan fingerprint density at radius 1 is 1.08 bits per heavy atom. The predicted octanol–water partition coefficient (Wildman–Crippen LogP) is 1.89. The zero-order valence-electron chi connectivity index (χ0n) is 14.5. The summed E-state index contributed by atoms with van der Waals surface area (Å²) in [5, 5.41) is 1.79. The summed E-state index contributed by atoms with van der Waals surface area (Å²) in [5.74, 6) is 0. The van der Waals surface area contributed by atoms with Gasteiger partial charge in [0.2, 0.25) is 10.0 Å². The molecule has 1 aromatic carbocycles. The van der Waals surface area contributed by atoms with E-state index in [1.165, 1.54) is 16.9 Å². The van der Waals surface area contributed by atoms with Gasteiger partial charge in [0.25, 0.3) is 0 Å². The van der Waals surface area contributed by atoms with Crippen LogP contribution in [-0.4, -0.2) is 64.0 Å². The van der Waals surface area contributed by atoms with Gasteiger partial charge in [-0.1, -0.05) is 36.4 Å². The van der Waals surface area contributed by atoms with E-state index in [0.717, 1.165) is 32.6 Å². The minimum atomic E-state index is -3.42. The van der Waals surface area contributed by atoms with Crippen molar-refractivity contribution in [2.75, 3.05) is 39.8 Å². The van der Waals surface area contributed by atoms with E-state index >= 15 is 0 Å². The maximum atomic E-state index is 12.5. The van der Waals surface area contributed by atoms with Crippen molar-refractivity contribution in [2.24, 2.45) is 0 Å². The highest BCUT2D eigenvalue weighted by Crippen LogP contribution is 2.17. The topological polar surface area (TPSA) is 52.6 Å². The smallest absolute Gasteiger partial charge is 0.250 e. The number of nitrogens with zero attached hydrogens (tertiary/aromatic N) is 2. The number of benzene rings is 1. The Labute approximate surface area is 154 Å². The summed E-state index contributed by atoms with van der Waals surface area (Å²) in [6.45, 7) is 4.40. The first-order valence-corrected chi connectivity index (χ1v) is 10.9. The number of nitrogens with one attached hydrogen (secondary N) is 1. The molecule has 3 rings (SSSR count). The van der Waals surface area contributed by atoms with Crippen LogP contribution >= 0.6 is 11.3 Å². The fourth-order valence-corrected chi connectivity index (χ4v) is 5.21. The molecule has 0 spiro atoms. The number of thiophene rings is 1. The first-order chi connectivity index (χ1) is 12.0. The molecule has 1 unspecified atom stereocenters. The fraction of sp³-hybridized carbons (Fsp3) is 0.444. The van der Waals surface area contributed by atoms with E-state index in [1.54, 1.807) is 17.5 Å². The van der Waals surface area contributed by atoms with Gasteiger partial charge in [0.05, 0.1) is 0 Å². The summed E-state index contributed by atoms with van der Waals surface area (Å²) in [7, 11) is -1.29. The molecule has 0 amide bonds. The normalized spacial score (nSPS) is 18.3. The van der Waals surface area contributed by atoms with Crippen molar-refractivity contribution < 1.29 is 8.42 Å². The number of sulfonamides is 1. The molecule has 136 valence electrons. The van der Waals surface area contributed by atoms with E-state index in [-0.39, 0.29) is 6.04 Å². The summed E-state index contributed by atoms with van der Waals surface area (Å²) in [4.78, 5) is 4.72. The molecular weight excluding hydrogens is 354 g/mol. The summed E-state index contributed by atoms with van der Waals surface area (Å²) in [6.07, 6.45) is 0.845. The number of piperazine rings is 1. The molecule has 1 aliphatic heterocycles. The summed E-state index contributed by atoms with van der Waals surface area (Å²) >= 11 is 1.25. The maximum absolute atomic E-state index is 12.5. The van der Waals surface area contributed by atoms with Gasteiger partial charge in [-0.2, -0.15) is 0 Å². The van der Waals surface area contributed by atoms with Gasteiger partial charge >= 0.3 is 0 Å². The standard InChI is InChI=1S/C18H25N3O2S2/c1-20-9-11-21(12-10-20)17(14-16-6-3-2-4-7-16)15-19-25(22,23)18-8-5-13-24-18/h2-8,13,17,19H,9-12,14-15H2,1H3. The van der Waals surface area contributed by atoms with Crippen molar-refractivity contribution in [1.82, 2.24) is 14.5 Å². The summed E-state index contributed by atoms with van der Waals surface area (Å²) in [6, 6.07) is 13.9. The van der Waals surface area contributed by atoms with Gasteiger partial charge in [0, 0.05) is 38.8 Å². The lowest BCUT2D eigenvalue weighted by molar-refractivity contribution is 0.112. The van der Waals surface area contributed by atoms with Gasteiger partial charge in [0.1, 0.15) is 4.21 Å². The lowest BCUT2D eigenvalue weighted by Gasteiger charge is -2.38. The molecular formula is C18H25N3O2S2. The molecule has 1 aliphatic rings.